The number of carbonyl (C=O) groups is 3. The normalized spacial score (nSPS) is 11.0. The Balaban J connectivity index is 1.57. The summed E-state index contributed by atoms with van der Waals surface area (Å²) < 4.78 is 44.8. The number of aryl methyl sites for hydroxylation is 1. The van der Waals surface area contributed by atoms with Gasteiger partial charge in [-0.1, -0.05) is 23.7 Å². The Hall–Kier alpha value is -4.12. The lowest BCUT2D eigenvalue weighted by atomic mass is 10.1. The lowest BCUT2D eigenvalue weighted by molar-refractivity contribution is -0.138. The molecule has 12 heteroatoms. The van der Waals surface area contributed by atoms with Crippen molar-refractivity contribution in [2.45, 2.75) is 25.4 Å². The van der Waals surface area contributed by atoms with Crippen LogP contribution >= 0.6 is 11.6 Å². The number of rotatable bonds is 10. The van der Waals surface area contributed by atoms with Crippen molar-refractivity contribution in [2.75, 3.05) is 11.9 Å². The predicted octanol–water partition coefficient (Wildman–Crippen LogP) is 5.32. The van der Waals surface area contributed by atoms with E-state index in [9.17, 15) is 27.6 Å². The third kappa shape index (κ3) is 8.50. The largest absolute Gasteiger partial charge is 0.481 e. The number of alkyl halides is 3. The van der Waals surface area contributed by atoms with Crippen molar-refractivity contribution < 1.29 is 37.4 Å². The Kier molecular flexibility index (Phi) is 9.07. The smallest absolute Gasteiger partial charge is 0.417 e. The molecule has 37 heavy (non-hydrogen) atoms. The number of nitrogens with zero attached hydrogens (tertiary/aromatic N) is 1. The van der Waals surface area contributed by atoms with Crippen LogP contribution in [-0.4, -0.2) is 34.4 Å². The highest BCUT2D eigenvalue weighted by Gasteiger charge is 2.33. The molecule has 0 unspecified atom stereocenters. The van der Waals surface area contributed by atoms with Gasteiger partial charge in [0.1, 0.15) is 17.2 Å². The molecule has 2 aromatic carbocycles. The van der Waals surface area contributed by atoms with Crippen molar-refractivity contribution in [1.29, 1.82) is 0 Å². The summed E-state index contributed by atoms with van der Waals surface area (Å²) in [7, 11) is 0. The highest BCUT2D eigenvalue weighted by Crippen LogP contribution is 2.36. The van der Waals surface area contributed by atoms with E-state index in [1.165, 1.54) is 24.4 Å². The number of benzene rings is 2. The number of halogens is 4. The Morgan fingerprint density at radius 3 is 2.49 bits per heavy atom. The summed E-state index contributed by atoms with van der Waals surface area (Å²) in [5, 5.41) is 13.1. The number of anilines is 1. The van der Waals surface area contributed by atoms with Gasteiger partial charge in [-0.25, -0.2) is 0 Å². The lowest BCUT2D eigenvalue weighted by Gasteiger charge is -2.12. The number of aliphatic carboxylic acids is 1. The fourth-order valence-electron chi connectivity index (χ4n) is 3.17. The fraction of sp³-hybridized carbons (Fsp3) is 0.200. The zero-order valence-corrected chi connectivity index (χ0v) is 19.9. The predicted molar refractivity (Wildman–Crippen MR) is 129 cm³/mol. The van der Waals surface area contributed by atoms with Gasteiger partial charge in [-0.15, -0.1) is 0 Å². The average Bonchev–Trinajstić information content (AvgIpc) is 2.83. The summed E-state index contributed by atoms with van der Waals surface area (Å²) in [6, 6.07) is 12.9. The molecule has 8 nitrogen and oxygen atoms in total. The second-order valence-electron chi connectivity index (χ2n) is 7.77. The van der Waals surface area contributed by atoms with Crippen LogP contribution in [0.3, 0.4) is 0 Å². The third-order valence-electron chi connectivity index (χ3n) is 4.92. The molecule has 0 saturated carbocycles. The molecule has 0 saturated heterocycles. The standard InChI is InChI=1S/C25H21ClF3N3O5/c26-20-6-5-16(13-19(20)25(27,28)29)32-22(33)7-4-15-2-1-3-17(12-15)37-18-8-10-30-21(14-18)24(36)31-11-9-23(34)35/h1-3,5-6,8,10,12-14H,4,7,9,11H2,(H,31,36)(H,32,33)(H,34,35). The Bertz CT molecular complexity index is 1300. The van der Waals surface area contributed by atoms with Gasteiger partial charge in [-0.05, 0) is 48.4 Å². The maximum absolute atomic E-state index is 13.0. The van der Waals surface area contributed by atoms with E-state index in [1.54, 1.807) is 24.3 Å². The van der Waals surface area contributed by atoms with Gasteiger partial charge in [-0.2, -0.15) is 13.2 Å². The van der Waals surface area contributed by atoms with Crippen LogP contribution < -0.4 is 15.4 Å². The summed E-state index contributed by atoms with van der Waals surface area (Å²) >= 11 is 5.60. The van der Waals surface area contributed by atoms with Gasteiger partial charge in [0.2, 0.25) is 5.91 Å². The van der Waals surface area contributed by atoms with Crippen LogP contribution in [0.2, 0.25) is 5.02 Å². The zero-order chi connectivity index (χ0) is 27.0. The molecule has 2 amide bonds. The van der Waals surface area contributed by atoms with Gasteiger partial charge < -0.3 is 20.5 Å². The highest BCUT2D eigenvalue weighted by molar-refractivity contribution is 6.31. The first-order valence-corrected chi connectivity index (χ1v) is 11.3. The topological polar surface area (TPSA) is 118 Å². The molecule has 3 N–H and O–H groups in total. The first-order valence-electron chi connectivity index (χ1n) is 10.9. The Morgan fingerprint density at radius 2 is 1.76 bits per heavy atom. The number of carbonyl (C=O) groups excluding carboxylic acids is 2. The van der Waals surface area contributed by atoms with E-state index in [2.05, 4.69) is 15.6 Å². The third-order valence-corrected chi connectivity index (χ3v) is 5.25. The maximum atomic E-state index is 13.0. The minimum atomic E-state index is -4.64. The molecule has 3 aromatic rings. The van der Waals surface area contributed by atoms with Crippen molar-refractivity contribution in [1.82, 2.24) is 10.3 Å². The number of carboxylic acid groups (broad SMARTS) is 1. The van der Waals surface area contributed by atoms with E-state index in [0.717, 1.165) is 17.7 Å². The van der Waals surface area contributed by atoms with Crippen molar-refractivity contribution >= 4 is 35.1 Å². The van der Waals surface area contributed by atoms with Crippen molar-refractivity contribution in [2.24, 2.45) is 0 Å². The molecule has 0 spiro atoms. The molecule has 1 heterocycles. The van der Waals surface area contributed by atoms with E-state index in [0.29, 0.717) is 11.5 Å². The average molecular weight is 536 g/mol. The number of hydrogen-bond acceptors (Lipinski definition) is 5. The number of amides is 2. The fourth-order valence-corrected chi connectivity index (χ4v) is 3.40. The van der Waals surface area contributed by atoms with E-state index in [4.69, 9.17) is 21.4 Å². The molecule has 0 atom stereocenters. The number of nitrogens with one attached hydrogen (secondary N) is 2. The van der Waals surface area contributed by atoms with E-state index in [1.807, 2.05) is 0 Å². The van der Waals surface area contributed by atoms with Crippen molar-refractivity contribution in [3.8, 4) is 11.5 Å². The summed E-state index contributed by atoms with van der Waals surface area (Å²) in [6.45, 7) is -0.0436. The number of ether oxygens (including phenoxy) is 1. The van der Waals surface area contributed by atoms with Gasteiger partial charge in [0, 0.05) is 30.9 Å². The number of aromatic nitrogens is 1. The molecule has 3 rings (SSSR count). The van der Waals surface area contributed by atoms with Crippen LogP contribution in [0.4, 0.5) is 18.9 Å². The molecule has 0 aliphatic heterocycles. The first-order chi connectivity index (χ1) is 17.5. The van der Waals surface area contributed by atoms with Crippen molar-refractivity contribution in [3.63, 3.8) is 0 Å². The summed E-state index contributed by atoms with van der Waals surface area (Å²) in [6.07, 6.45) is -3.20. The number of carboxylic acids is 1. The number of hydrogen-bond donors (Lipinski definition) is 3. The molecule has 0 bridgehead atoms. The molecule has 0 aliphatic rings. The van der Waals surface area contributed by atoms with E-state index < -0.39 is 34.5 Å². The first kappa shape index (κ1) is 27.5. The van der Waals surface area contributed by atoms with Crippen LogP contribution in [0.25, 0.3) is 0 Å². The van der Waals surface area contributed by atoms with E-state index >= 15 is 0 Å². The summed E-state index contributed by atoms with van der Waals surface area (Å²) in [5.74, 6) is -1.32. The van der Waals surface area contributed by atoms with Gasteiger partial charge >= 0.3 is 12.1 Å². The zero-order valence-electron chi connectivity index (χ0n) is 19.1. The molecular weight excluding hydrogens is 515 g/mol. The van der Waals surface area contributed by atoms with Gasteiger partial charge in [0.15, 0.2) is 0 Å². The van der Waals surface area contributed by atoms with Gasteiger partial charge in [0.05, 0.1) is 17.0 Å². The maximum Gasteiger partial charge on any atom is 0.417 e. The second kappa shape index (κ2) is 12.2. The van der Waals surface area contributed by atoms with Gasteiger partial charge in [-0.3, -0.25) is 19.4 Å². The summed E-state index contributed by atoms with van der Waals surface area (Å²) in [5.41, 5.74) is -0.264. The Morgan fingerprint density at radius 1 is 1.00 bits per heavy atom. The monoisotopic (exact) mass is 535 g/mol. The lowest BCUT2D eigenvalue weighted by Crippen LogP contribution is -2.26. The number of pyridine rings is 1. The minimum Gasteiger partial charge on any atom is -0.481 e. The Labute approximate surface area is 214 Å². The molecule has 1 aromatic heterocycles. The van der Waals surface area contributed by atoms with Crippen LogP contribution in [0.5, 0.6) is 11.5 Å². The minimum absolute atomic E-state index is 0.00332. The molecule has 0 aliphatic carbocycles. The van der Waals surface area contributed by atoms with Crippen LogP contribution in [-0.2, 0) is 22.2 Å². The summed E-state index contributed by atoms with van der Waals surface area (Å²) in [4.78, 5) is 38.9. The second-order valence-corrected chi connectivity index (χ2v) is 8.17. The SMILES string of the molecule is O=C(O)CCNC(=O)c1cc(Oc2cccc(CCC(=O)Nc3ccc(Cl)c(C(F)(F)F)c3)c2)ccn1. The molecule has 0 radical (unpaired) electrons. The van der Waals surface area contributed by atoms with Crippen molar-refractivity contribution in [3.05, 3.63) is 82.6 Å². The van der Waals surface area contributed by atoms with E-state index in [-0.39, 0.29) is 37.2 Å². The quantitative estimate of drug-likeness (QED) is 0.323. The molecule has 0 fully saturated rings. The van der Waals surface area contributed by atoms with Gasteiger partial charge in [0.25, 0.3) is 5.91 Å². The molecular formula is C25H21ClF3N3O5. The van der Waals surface area contributed by atoms with Crippen LogP contribution in [0, 0.1) is 0 Å². The highest BCUT2D eigenvalue weighted by atomic mass is 35.5. The van der Waals surface area contributed by atoms with Crippen LogP contribution in [0.1, 0.15) is 34.5 Å². The van der Waals surface area contributed by atoms with Crippen LogP contribution in [0.15, 0.2) is 60.8 Å². The molecule has 194 valence electrons.